The van der Waals surface area contributed by atoms with E-state index in [-0.39, 0.29) is 5.92 Å². The molecule has 3 heteroatoms. The van der Waals surface area contributed by atoms with Crippen molar-refractivity contribution >= 4 is 5.78 Å². The average Bonchev–Trinajstić information content (AvgIpc) is 2.78. The highest BCUT2D eigenvalue weighted by atomic mass is 16.1. The van der Waals surface area contributed by atoms with Crippen LogP contribution < -0.4 is 0 Å². The molecule has 1 aliphatic heterocycles. The van der Waals surface area contributed by atoms with Crippen molar-refractivity contribution in [3.8, 4) is 0 Å². The van der Waals surface area contributed by atoms with Crippen LogP contribution in [0.3, 0.4) is 0 Å². The van der Waals surface area contributed by atoms with E-state index in [9.17, 15) is 4.79 Å². The summed E-state index contributed by atoms with van der Waals surface area (Å²) in [6, 6.07) is 31.7. The van der Waals surface area contributed by atoms with Gasteiger partial charge in [0, 0.05) is 51.6 Å². The first kappa shape index (κ1) is 20.5. The van der Waals surface area contributed by atoms with Gasteiger partial charge in [-0.2, -0.15) is 0 Å². The number of rotatable bonds is 8. The molecule has 0 bridgehead atoms. The van der Waals surface area contributed by atoms with Gasteiger partial charge in [0.05, 0.1) is 0 Å². The number of piperidine rings is 1. The Morgan fingerprint density at radius 3 is 1.77 bits per heavy atom. The zero-order chi connectivity index (χ0) is 20.6. The van der Waals surface area contributed by atoms with Gasteiger partial charge >= 0.3 is 0 Å². The van der Waals surface area contributed by atoms with E-state index in [0.717, 1.165) is 39.3 Å². The van der Waals surface area contributed by atoms with Gasteiger partial charge in [0.2, 0.25) is 0 Å². The molecule has 30 heavy (non-hydrogen) atoms. The van der Waals surface area contributed by atoms with Crippen LogP contribution >= 0.6 is 0 Å². The van der Waals surface area contributed by atoms with Gasteiger partial charge in [0.1, 0.15) is 5.78 Å². The highest BCUT2D eigenvalue weighted by Gasteiger charge is 2.29. The minimum Gasteiger partial charge on any atom is -0.299 e. The Labute approximate surface area is 180 Å². The number of nitrogens with zero attached hydrogens (tertiary/aromatic N) is 2. The lowest BCUT2D eigenvalue weighted by molar-refractivity contribution is -0.127. The molecule has 0 aliphatic carbocycles. The number of carbonyl (C=O) groups excluding carboxylic acids is 1. The van der Waals surface area contributed by atoms with Crippen LogP contribution in [-0.4, -0.2) is 35.2 Å². The van der Waals surface area contributed by atoms with Gasteiger partial charge in [0.15, 0.2) is 0 Å². The molecule has 1 atom stereocenters. The summed E-state index contributed by atoms with van der Waals surface area (Å²) in [6.07, 6.45) is 0.655. The molecular formula is C27H30N2O. The molecule has 154 valence electrons. The normalized spacial score (nSPS) is 17.4. The highest BCUT2D eigenvalue weighted by Crippen LogP contribution is 2.20. The van der Waals surface area contributed by atoms with Gasteiger partial charge < -0.3 is 0 Å². The molecule has 3 aromatic rings. The maximum Gasteiger partial charge on any atom is 0.139 e. The van der Waals surface area contributed by atoms with Gasteiger partial charge in [-0.05, 0) is 16.7 Å². The highest BCUT2D eigenvalue weighted by molar-refractivity contribution is 5.82. The Bertz CT molecular complexity index is 870. The maximum absolute atomic E-state index is 12.8. The van der Waals surface area contributed by atoms with Gasteiger partial charge in [-0.25, -0.2) is 0 Å². The summed E-state index contributed by atoms with van der Waals surface area (Å²) in [7, 11) is 0. The lowest BCUT2D eigenvalue weighted by Crippen LogP contribution is -2.45. The predicted octanol–water partition coefficient (Wildman–Crippen LogP) is 4.78. The minimum atomic E-state index is 0.0647. The van der Waals surface area contributed by atoms with Crippen LogP contribution in [0.25, 0.3) is 0 Å². The fourth-order valence-electron chi connectivity index (χ4n) is 4.30. The summed E-state index contributed by atoms with van der Waals surface area (Å²) in [5.41, 5.74) is 3.90. The third-order valence-corrected chi connectivity index (χ3v) is 5.83. The number of likely N-dealkylation sites (tertiary alicyclic amines) is 1. The number of hydrogen-bond acceptors (Lipinski definition) is 3. The van der Waals surface area contributed by atoms with Crippen molar-refractivity contribution in [3.05, 3.63) is 108 Å². The second-order valence-corrected chi connectivity index (χ2v) is 8.27. The molecule has 0 spiro atoms. The number of Topliss-reactive ketones (excluding diaryl/α,β-unsaturated/α-hetero) is 1. The zero-order valence-corrected chi connectivity index (χ0v) is 17.5. The molecule has 1 aliphatic rings. The van der Waals surface area contributed by atoms with E-state index in [1.165, 1.54) is 16.7 Å². The Kier molecular flexibility index (Phi) is 7.07. The van der Waals surface area contributed by atoms with Crippen molar-refractivity contribution < 1.29 is 4.79 Å². The largest absolute Gasteiger partial charge is 0.299 e. The summed E-state index contributed by atoms with van der Waals surface area (Å²) in [6.45, 7) is 5.14. The van der Waals surface area contributed by atoms with E-state index in [0.29, 0.717) is 12.2 Å². The van der Waals surface area contributed by atoms with Crippen molar-refractivity contribution in [1.82, 2.24) is 9.80 Å². The topological polar surface area (TPSA) is 23.6 Å². The molecule has 3 aromatic carbocycles. The maximum atomic E-state index is 12.8. The summed E-state index contributed by atoms with van der Waals surface area (Å²) in [4.78, 5) is 17.6. The molecule has 0 N–H and O–H groups in total. The van der Waals surface area contributed by atoms with Crippen molar-refractivity contribution in [2.24, 2.45) is 5.92 Å². The van der Waals surface area contributed by atoms with Gasteiger partial charge in [0.25, 0.3) is 0 Å². The molecule has 0 radical (unpaired) electrons. The van der Waals surface area contributed by atoms with E-state index >= 15 is 0 Å². The predicted molar refractivity (Wildman–Crippen MR) is 122 cm³/mol. The van der Waals surface area contributed by atoms with Crippen molar-refractivity contribution in [3.63, 3.8) is 0 Å². The third kappa shape index (κ3) is 5.88. The number of benzene rings is 3. The Morgan fingerprint density at radius 2 is 1.23 bits per heavy atom. The Hall–Kier alpha value is -2.75. The van der Waals surface area contributed by atoms with E-state index in [1.807, 2.05) is 0 Å². The first-order chi connectivity index (χ1) is 14.8. The van der Waals surface area contributed by atoms with Crippen molar-refractivity contribution in [2.75, 3.05) is 19.6 Å². The van der Waals surface area contributed by atoms with E-state index in [4.69, 9.17) is 0 Å². The summed E-state index contributed by atoms with van der Waals surface area (Å²) in [5.74, 6) is 0.473. The van der Waals surface area contributed by atoms with E-state index in [2.05, 4.69) is 101 Å². The Balaban J connectivity index is 1.45. The van der Waals surface area contributed by atoms with Crippen LogP contribution in [0.2, 0.25) is 0 Å². The molecule has 0 amide bonds. The second kappa shape index (κ2) is 10.3. The molecule has 1 saturated heterocycles. The first-order valence-corrected chi connectivity index (χ1v) is 10.9. The van der Waals surface area contributed by atoms with Gasteiger partial charge in [-0.3, -0.25) is 14.6 Å². The summed E-state index contributed by atoms with van der Waals surface area (Å²) >= 11 is 0. The van der Waals surface area contributed by atoms with Crippen molar-refractivity contribution in [2.45, 2.75) is 26.1 Å². The molecule has 0 unspecified atom stereocenters. The fourth-order valence-corrected chi connectivity index (χ4v) is 4.30. The standard InChI is InChI=1S/C27H30N2O/c30-27-16-17-28(18-23-10-4-1-5-11-23)21-26(27)22-29(19-24-12-6-2-7-13-24)20-25-14-8-3-9-15-25/h1-15,26H,16-22H2/t26-/m1/s1. The lowest BCUT2D eigenvalue weighted by atomic mass is 9.95. The monoisotopic (exact) mass is 398 g/mol. The molecule has 3 nitrogen and oxygen atoms in total. The fraction of sp³-hybridized carbons (Fsp3) is 0.296. The molecule has 0 saturated carbocycles. The minimum absolute atomic E-state index is 0.0647. The first-order valence-electron chi connectivity index (χ1n) is 10.9. The molecule has 4 rings (SSSR count). The smallest absolute Gasteiger partial charge is 0.139 e. The van der Waals surface area contributed by atoms with Crippen LogP contribution in [0.1, 0.15) is 23.1 Å². The van der Waals surface area contributed by atoms with Crippen molar-refractivity contribution in [1.29, 1.82) is 0 Å². The second-order valence-electron chi connectivity index (χ2n) is 8.27. The lowest BCUT2D eigenvalue weighted by Gasteiger charge is -2.35. The van der Waals surface area contributed by atoms with Gasteiger partial charge in [-0.1, -0.05) is 91.0 Å². The van der Waals surface area contributed by atoms with Crippen LogP contribution in [-0.2, 0) is 24.4 Å². The summed E-state index contributed by atoms with van der Waals surface area (Å²) < 4.78 is 0. The average molecular weight is 399 g/mol. The Morgan fingerprint density at radius 1 is 0.733 bits per heavy atom. The zero-order valence-electron chi connectivity index (χ0n) is 17.5. The van der Waals surface area contributed by atoms with Crippen LogP contribution in [0.5, 0.6) is 0 Å². The molecular weight excluding hydrogens is 368 g/mol. The summed E-state index contributed by atoms with van der Waals surface area (Å²) in [5, 5.41) is 0. The quantitative estimate of drug-likeness (QED) is 0.546. The van der Waals surface area contributed by atoms with Crippen LogP contribution in [0, 0.1) is 5.92 Å². The third-order valence-electron chi connectivity index (χ3n) is 5.83. The number of hydrogen-bond donors (Lipinski definition) is 0. The molecule has 1 fully saturated rings. The van der Waals surface area contributed by atoms with Crippen LogP contribution in [0.15, 0.2) is 91.0 Å². The molecule has 1 heterocycles. The van der Waals surface area contributed by atoms with Gasteiger partial charge in [-0.15, -0.1) is 0 Å². The molecule has 0 aromatic heterocycles. The SMILES string of the molecule is O=C1CCN(Cc2ccccc2)C[C@@H]1CN(Cc1ccccc1)Cc1ccccc1. The van der Waals surface area contributed by atoms with Crippen LogP contribution in [0.4, 0.5) is 0 Å². The number of carbonyl (C=O) groups is 1. The van der Waals surface area contributed by atoms with E-state index in [1.54, 1.807) is 0 Å². The number of ketones is 1. The van der Waals surface area contributed by atoms with E-state index < -0.39 is 0 Å².